The highest BCUT2D eigenvalue weighted by Gasteiger charge is 2.17. The first-order valence-electron chi connectivity index (χ1n) is 6.37. The number of rotatable bonds is 4. The minimum atomic E-state index is -0.351. The smallest absolute Gasteiger partial charge is 0.293 e. The van der Waals surface area contributed by atoms with E-state index in [0.29, 0.717) is 12.2 Å². The Hall–Kier alpha value is -1.99. The van der Waals surface area contributed by atoms with E-state index in [-0.39, 0.29) is 10.6 Å². The number of nitrogens with zero attached hydrogens (tertiary/aromatic N) is 2. The van der Waals surface area contributed by atoms with Gasteiger partial charge in [0.05, 0.1) is 20.1 Å². The maximum absolute atomic E-state index is 11.2. The summed E-state index contributed by atoms with van der Waals surface area (Å²) in [6, 6.07) is 7.44. The number of thiazole rings is 1. The number of thiophene rings is 1. The Balaban J connectivity index is 1.95. The molecule has 0 unspecified atom stereocenters. The van der Waals surface area contributed by atoms with Gasteiger partial charge in [-0.15, -0.1) is 22.7 Å². The van der Waals surface area contributed by atoms with Crippen LogP contribution in [0.4, 0.5) is 11.4 Å². The summed E-state index contributed by atoms with van der Waals surface area (Å²) in [5, 5.41) is 15.3. The second-order valence-electron chi connectivity index (χ2n) is 4.69. The summed E-state index contributed by atoms with van der Waals surface area (Å²) >= 11 is 3.15. The molecule has 7 heteroatoms. The second-order valence-corrected chi connectivity index (χ2v) is 7.30. The maximum Gasteiger partial charge on any atom is 0.293 e. The lowest BCUT2D eigenvalue weighted by atomic mass is 10.2. The van der Waals surface area contributed by atoms with Gasteiger partial charge in [-0.1, -0.05) is 0 Å². The van der Waals surface area contributed by atoms with Crippen LogP contribution >= 0.6 is 22.7 Å². The van der Waals surface area contributed by atoms with Crippen molar-refractivity contribution in [3.63, 3.8) is 0 Å². The molecule has 5 nitrogen and oxygen atoms in total. The van der Waals surface area contributed by atoms with Gasteiger partial charge in [0, 0.05) is 22.4 Å². The monoisotopic (exact) mass is 319 g/mol. The molecule has 0 aliphatic rings. The van der Waals surface area contributed by atoms with Gasteiger partial charge in [0.25, 0.3) is 5.69 Å². The maximum atomic E-state index is 11.2. The number of aromatic nitrogens is 1. The highest BCUT2D eigenvalue weighted by Crippen LogP contribution is 2.33. The van der Waals surface area contributed by atoms with E-state index in [0.717, 1.165) is 20.1 Å². The Morgan fingerprint density at radius 2 is 2.10 bits per heavy atom. The summed E-state index contributed by atoms with van der Waals surface area (Å²) in [6.45, 7) is 4.52. The molecular formula is C14H13N3O2S2. The lowest BCUT2D eigenvalue weighted by Gasteiger charge is -2.05. The van der Waals surface area contributed by atoms with Crippen molar-refractivity contribution in [2.24, 2.45) is 0 Å². The summed E-state index contributed by atoms with van der Waals surface area (Å²) < 4.78 is 0.844. The normalized spacial score (nSPS) is 11.0. The van der Waals surface area contributed by atoms with Crippen molar-refractivity contribution >= 4 is 44.3 Å². The van der Waals surface area contributed by atoms with E-state index in [2.05, 4.69) is 10.3 Å². The summed E-state index contributed by atoms with van der Waals surface area (Å²) in [7, 11) is 0. The quantitative estimate of drug-likeness (QED) is 0.568. The van der Waals surface area contributed by atoms with Crippen LogP contribution in [0.15, 0.2) is 24.3 Å². The molecule has 0 aliphatic carbocycles. The average molecular weight is 319 g/mol. The fourth-order valence-corrected chi connectivity index (χ4v) is 3.81. The minimum absolute atomic E-state index is 0.0967. The topological polar surface area (TPSA) is 68.1 Å². The van der Waals surface area contributed by atoms with Crippen LogP contribution in [0.25, 0.3) is 10.2 Å². The Bertz CT molecular complexity index is 823. The first kappa shape index (κ1) is 14.0. The molecule has 0 radical (unpaired) electrons. The van der Waals surface area contributed by atoms with Crippen molar-refractivity contribution in [3.8, 4) is 0 Å². The third kappa shape index (κ3) is 2.88. The number of fused-ring (bicyclic) bond motifs is 1. The molecule has 3 aromatic rings. The number of nitro groups is 1. The van der Waals surface area contributed by atoms with Gasteiger partial charge in [0.1, 0.15) is 5.69 Å². The minimum Gasteiger partial charge on any atom is -0.375 e. The molecule has 1 N–H and O–H groups in total. The SMILES string of the molecule is Cc1ccc(CNc2cc3nc(C)sc3cc2[N+](=O)[O-])s1. The molecule has 0 amide bonds. The highest BCUT2D eigenvalue weighted by atomic mass is 32.1. The van der Waals surface area contributed by atoms with E-state index < -0.39 is 0 Å². The molecule has 1 aromatic carbocycles. The number of aryl methyl sites for hydroxylation is 2. The van der Waals surface area contributed by atoms with Crippen molar-refractivity contribution in [2.45, 2.75) is 20.4 Å². The van der Waals surface area contributed by atoms with Crippen LogP contribution in [0.2, 0.25) is 0 Å². The van der Waals surface area contributed by atoms with Crippen LogP contribution in [0, 0.1) is 24.0 Å². The average Bonchev–Trinajstić information content (AvgIpc) is 2.99. The van der Waals surface area contributed by atoms with Crippen molar-refractivity contribution in [3.05, 3.63) is 49.1 Å². The van der Waals surface area contributed by atoms with Crippen LogP contribution in [-0.2, 0) is 6.54 Å². The largest absolute Gasteiger partial charge is 0.375 e. The molecular weight excluding hydrogens is 306 g/mol. The Kier molecular flexibility index (Phi) is 3.60. The number of nitro benzene ring substituents is 1. The van der Waals surface area contributed by atoms with Gasteiger partial charge in [-0.2, -0.15) is 0 Å². The molecule has 3 rings (SSSR count). The van der Waals surface area contributed by atoms with E-state index in [1.165, 1.54) is 16.2 Å². The van der Waals surface area contributed by atoms with E-state index in [4.69, 9.17) is 0 Å². The summed E-state index contributed by atoms with van der Waals surface area (Å²) in [5.74, 6) is 0. The second kappa shape index (κ2) is 5.42. The summed E-state index contributed by atoms with van der Waals surface area (Å²) in [6.07, 6.45) is 0. The van der Waals surface area contributed by atoms with Gasteiger partial charge in [-0.25, -0.2) is 4.98 Å². The zero-order chi connectivity index (χ0) is 15.0. The third-order valence-corrected chi connectivity index (χ3v) is 4.99. The molecule has 108 valence electrons. The van der Waals surface area contributed by atoms with Gasteiger partial charge >= 0.3 is 0 Å². The van der Waals surface area contributed by atoms with Crippen molar-refractivity contribution in [1.29, 1.82) is 0 Å². The van der Waals surface area contributed by atoms with Crippen LogP contribution < -0.4 is 5.32 Å². The summed E-state index contributed by atoms with van der Waals surface area (Å²) in [5.41, 5.74) is 1.41. The molecule has 0 saturated carbocycles. The Morgan fingerprint density at radius 3 is 2.76 bits per heavy atom. The summed E-state index contributed by atoms with van der Waals surface area (Å²) in [4.78, 5) is 17.7. The van der Waals surface area contributed by atoms with E-state index in [1.54, 1.807) is 23.5 Å². The Morgan fingerprint density at radius 1 is 1.29 bits per heavy atom. The molecule has 2 heterocycles. The molecule has 0 saturated heterocycles. The fraction of sp³-hybridized carbons (Fsp3) is 0.214. The molecule has 21 heavy (non-hydrogen) atoms. The van der Waals surface area contributed by atoms with Gasteiger partial charge < -0.3 is 5.32 Å². The van der Waals surface area contributed by atoms with Crippen LogP contribution in [0.1, 0.15) is 14.8 Å². The molecule has 0 bridgehead atoms. The number of nitrogens with one attached hydrogen (secondary N) is 1. The van der Waals surface area contributed by atoms with E-state index in [1.807, 2.05) is 26.0 Å². The van der Waals surface area contributed by atoms with Gasteiger partial charge in [-0.05, 0) is 32.0 Å². The molecule has 0 spiro atoms. The first-order valence-corrected chi connectivity index (χ1v) is 8.01. The van der Waals surface area contributed by atoms with Crippen molar-refractivity contribution in [2.75, 3.05) is 5.32 Å². The standard InChI is InChI=1S/C14H13N3O2S2/c1-8-3-4-10(20-8)7-15-11-5-12-14(21-9(2)16-12)6-13(11)17(18)19/h3-6,15H,7H2,1-2H3. The van der Waals surface area contributed by atoms with E-state index in [9.17, 15) is 10.1 Å². The lowest BCUT2D eigenvalue weighted by Crippen LogP contribution is -2.01. The number of hydrogen-bond donors (Lipinski definition) is 1. The van der Waals surface area contributed by atoms with Crippen LogP contribution in [0.3, 0.4) is 0 Å². The van der Waals surface area contributed by atoms with Gasteiger partial charge in [0.15, 0.2) is 0 Å². The lowest BCUT2D eigenvalue weighted by molar-refractivity contribution is -0.383. The first-order chi connectivity index (χ1) is 10.0. The zero-order valence-electron chi connectivity index (χ0n) is 11.5. The van der Waals surface area contributed by atoms with Gasteiger partial charge in [0.2, 0.25) is 0 Å². The van der Waals surface area contributed by atoms with Crippen molar-refractivity contribution in [1.82, 2.24) is 4.98 Å². The number of benzene rings is 1. The number of hydrogen-bond acceptors (Lipinski definition) is 6. The number of anilines is 1. The fourth-order valence-electron chi connectivity index (χ4n) is 2.13. The van der Waals surface area contributed by atoms with Crippen LogP contribution in [0.5, 0.6) is 0 Å². The third-order valence-electron chi connectivity index (χ3n) is 3.06. The zero-order valence-corrected chi connectivity index (χ0v) is 13.2. The van der Waals surface area contributed by atoms with Crippen molar-refractivity contribution < 1.29 is 4.92 Å². The Labute approximate surface area is 129 Å². The predicted octanol–water partition coefficient (Wildman–Crippen LogP) is 4.49. The highest BCUT2D eigenvalue weighted by molar-refractivity contribution is 7.18. The molecule has 0 aliphatic heterocycles. The predicted molar refractivity (Wildman–Crippen MR) is 87.4 cm³/mol. The molecule has 2 aromatic heterocycles. The molecule has 0 fully saturated rings. The van der Waals surface area contributed by atoms with Crippen LogP contribution in [-0.4, -0.2) is 9.91 Å². The van der Waals surface area contributed by atoms with E-state index >= 15 is 0 Å². The molecule has 0 atom stereocenters. The van der Waals surface area contributed by atoms with Gasteiger partial charge in [-0.3, -0.25) is 10.1 Å².